The third-order valence-electron chi connectivity index (χ3n) is 6.52. The van der Waals surface area contributed by atoms with Gasteiger partial charge in [0.15, 0.2) is 0 Å². The van der Waals surface area contributed by atoms with Crippen LogP contribution in [0.1, 0.15) is 38.2 Å². The van der Waals surface area contributed by atoms with E-state index in [9.17, 15) is 9.59 Å². The van der Waals surface area contributed by atoms with Crippen molar-refractivity contribution in [2.75, 3.05) is 19.6 Å². The molecule has 1 aliphatic heterocycles. The molecule has 1 N–H and O–H groups in total. The number of amides is 2. The van der Waals surface area contributed by atoms with Gasteiger partial charge in [0, 0.05) is 25.6 Å². The topological polar surface area (TPSA) is 49.4 Å². The summed E-state index contributed by atoms with van der Waals surface area (Å²) in [5.74, 6) is 0.510. The van der Waals surface area contributed by atoms with Gasteiger partial charge in [-0.05, 0) is 49.3 Å². The van der Waals surface area contributed by atoms with Crippen molar-refractivity contribution in [1.82, 2.24) is 10.2 Å². The maximum Gasteiger partial charge on any atom is 0.228 e. The molecule has 2 amide bonds. The second-order valence-corrected chi connectivity index (χ2v) is 8.52. The number of nitrogens with zero attached hydrogens (tertiary/aromatic N) is 1. The summed E-state index contributed by atoms with van der Waals surface area (Å²) >= 11 is 0. The second-order valence-electron chi connectivity index (χ2n) is 8.52. The van der Waals surface area contributed by atoms with Crippen LogP contribution >= 0.6 is 0 Å². The normalized spacial score (nSPS) is 21.6. The molecule has 1 aliphatic carbocycles. The average molecular weight is 391 g/mol. The second kappa shape index (κ2) is 8.40. The summed E-state index contributed by atoms with van der Waals surface area (Å²) < 4.78 is 0. The Kier molecular flexibility index (Phi) is 5.70. The molecule has 0 unspecified atom stereocenters. The third-order valence-corrected chi connectivity index (χ3v) is 6.52. The minimum atomic E-state index is -0.537. The fourth-order valence-corrected chi connectivity index (χ4v) is 4.61. The molecule has 4 heteroatoms. The Morgan fingerprint density at radius 2 is 1.83 bits per heavy atom. The van der Waals surface area contributed by atoms with Crippen LogP contribution in [0.3, 0.4) is 0 Å². The van der Waals surface area contributed by atoms with E-state index in [1.807, 2.05) is 30.0 Å². The van der Waals surface area contributed by atoms with Gasteiger partial charge in [0.1, 0.15) is 0 Å². The van der Waals surface area contributed by atoms with E-state index in [0.717, 1.165) is 36.8 Å². The zero-order chi connectivity index (χ0) is 20.3. The molecule has 1 saturated heterocycles. The zero-order valence-corrected chi connectivity index (χ0v) is 17.2. The van der Waals surface area contributed by atoms with Crippen LogP contribution in [0.4, 0.5) is 0 Å². The number of benzene rings is 2. The molecule has 2 aromatic carbocycles. The minimum absolute atomic E-state index is 0.0778. The molecule has 2 aromatic rings. The predicted molar refractivity (Wildman–Crippen MR) is 115 cm³/mol. The molecule has 0 radical (unpaired) electrons. The van der Waals surface area contributed by atoms with Gasteiger partial charge in [-0.1, -0.05) is 61.0 Å². The number of carbonyl (C=O) groups is 2. The van der Waals surface area contributed by atoms with Gasteiger partial charge in [-0.3, -0.25) is 9.59 Å². The largest absolute Gasteiger partial charge is 0.356 e. The van der Waals surface area contributed by atoms with Gasteiger partial charge >= 0.3 is 0 Å². The molecule has 29 heavy (non-hydrogen) atoms. The molecule has 2 fully saturated rings. The van der Waals surface area contributed by atoms with Crippen LogP contribution in [0.15, 0.2) is 54.6 Å². The molecule has 1 saturated carbocycles. The lowest BCUT2D eigenvalue weighted by atomic mass is 9.79. The first-order valence-electron chi connectivity index (χ1n) is 10.8. The van der Waals surface area contributed by atoms with E-state index in [-0.39, 0.29) is 17.7 Å². The quantitative estimate of drug-likeness (QED) is 0.809. The minimum Gasteiger partial charge on any atom is -0.356 e. The Bertz CT molecular complexity index is 875. The van der Waals surface area contributed by atoms with Gasteiger partial charge in [0.25, 0.3) is 0 Å². The summed E-state index contributed by atoms with van der Waals surface area (Å²) in [5, 5.41) is 3.03. The first kappa shape index (κ1) is 19.7. The van der Waals surface area contributed by atoms with E-state index >= 15 is 0 Å². The summed E-state index contributed by atoms with van der Waals surface area (Å²) in [6, 6.07) is 18.8. The van der Waals surface area contributed by atoms with Crippen LogP contribution in [0.2, 0.25) is 0 Å². The Hall–Kier alpha value is -2.62. The van der Waals surface area contributed by atoms with E-state index in [0.29, 0.717) is 26.1 Å². The van der Waals surface area contributed by atoms with Gasteiger partial charge in [-0.2, -0.15) is 0 Å². The van der Waals surface area contributed by atoms with Gasteiger partial charge in [0.05, 0.1) is 5.41 Å². The van der Waals surface area contributed by atoms with Crippen molar-refractivity contribution < 1.29 is 9.59 Å². The lowest BCUT2D eigenvalue weighted by molar-refractivity contribution is -0.138. The Morgan fingerprint density at radius 1 is 1.07 bits per heavy atom. The van der Waals surface area contributed by atoms with E-state index in [2.05, 4.69) is 41.7 Å². The van der Waals surface area contributed by atoms with E-state index in [4.69, 9.17) is 0 Å². The average Bonchev–Trinajstić information content (AvgIpc) is 3.13. The van der Waals surface area contributed by atoms with Gasteiger partial charge < -0.3 is 10.2 Å². The van der Waals surface area contributed by atoms with Gasteiger partial charge in [0.2, 0.25) is 11.8 Å². The lowest BCUT2D eigenvalue weighted by Crippen LogP contribution is -2.46. The summed E-state index contributed by atoms with van der Waals surface area (Å²) in [4.78, 5) is 27.8. The number of nitrogens with one attached hydrogen (secondary N) is 1. The molecule has 1 atom stereocenters. The van der Waals surface area contributed by atoms with Crippen LogP contribution in [-0.2, 0) is 16.0 Å². The molecule has 2 aliphatic rings. The van der Waals surface area contributed by atoms with Crippen LogP contribution in [0, 0.1) is 11.3 Å². The number of rotatable bonds is 6. The van der Waals surface area contributed by atoms with Crippen molar-refractivity contribution in [3.63, 3.8) is 0 Å². The molecule has 0 aromatic heterocycles. The molecule has 4 rings (SSSR count). The van der Waals surface area contributed by atoms with Crippen molar-refractivity contribution in [2.24, 2.45) is 11.3 Å². The fourth-order valence-electron chi connectivity index (χ4n) is 4.61. The van der Waals surface area contributed by atoms with E-state index in [1.54, 1.807) is 0 Å². The van der Waals surface area contributed by atoms with Crippen molar-refractivity contribution >= 4 is 11.8 Å². The molecule has 0 bridgehead atoms. The van der Waals surface area contributed by atoms with Crippen molar-refractivity contribution in [1.29, 1.82) is 0 Å². The maximum atomic E-state index is 13.1. The molecular weight excluding hydrogens is 360 g/mol. The fraction of sp³-hybridized carbons (Fsp3) is 0.440. The highest BCUT2D eigenvalue weighted by Crippen LogP contribution is 2.38. The van der Waals surface area contributed by atoms with E-state index < -0.39 is 5.41 Å². The summed E-state index contributed by atoms with van der Waals surface area (Å²) in [6.45, 7) is 3.78. The van der Waals surface area contributed by atoms with E-state index in [1.165, 1.54) is 5.56 Å². The van der Waals surface area contributed by atoms with Gasteiger partial charge in [-0.15, -0.1) is 0 Å². The number of carbonyl (C=O) groups excluding carboxylic acids is 2. The van der Waals surface area contributed by atoms with Crippen LogP contribution in [-0.4, -0.2) is 36.3 Å². The number of hydrogen-bond donors (Lipinski definition) is 1. The Morgan fingerprint density at radius 3 is 2.52 bits per heavy atom. The summed E-state index contributed by atoms with van der Waals surface area (Å²) in [5.41, 5.74) is 2.95. The Balaban J connectivity index is 1.57. The molecule has 0 spiro atoms. The SMILES string of the molecule is CCNC(=O)[C@]1(Cc2cccc(-c3ccccc3)c2)CCN(C(=O)C2CCC2)C1. The summed E-state index contributed by atoms with van der Waals surface area (Å²) in [7, 11) is 0. The van der Waals surface area contributed by atoms with Crippen molar-refractivity contribution in [3.8, 4) is 11.1 Å². The zero-order valence-electron chi connectivity index (χ0n) is 17.2. The van der Waals surface area contributed by atoms with Crippen LogP contribution in [0.5, 0.6) is 0 Å². The number of hydrogen-bond acceptors (Lipinski definition) is 2. The first-order valence-corrected chi connectivity index (χ1v) is 10.8. The van der Waals surface area contributed by atoms with Crippen molar-refractivity contribution in [2.45, 2.75) is 39.0 Å². The molecule has 152 valence electrons. The third kappa shape index (κ3) is 4.07. The highest BCUT2D eigenvalue weighted by atomic mass is 16.2. The lowest BCUT2D eigenvalue weighted by Gasteiger charge is -2.32. The smallest absolute Gasteiger partial charge is 0.228 e. The highest BCUT2D eigenvalue weighted by Gasteiger charge is 2.47. The first-order chi connectivity index (χ1) is 14.1. The predicted octanol–water partition coefficient (Wildman–Crippen LogP) is 4.05. The van der Waals surface area contributed by atoms with Gasteiger partial charge in [-0.25, -0.2) is 0 Å². The van der Waals surface area contributed by atoms with Crippen LogP contribution in [0.25, 0.3) is 11.1 Å². The monoisotopic (exact) mass is 390 g/mol. The molecule has 1 heterocycles. The molecule has 4 nitrogen and oxygen atoms in total. The number of likely N-dealkylation sites (tertiary alicyclic amines) is 1. The Labute approximate surface area is 173 Å². The standard InChI is InChI=1S/C25H30N2O2/c1-2-26-24(29)25(14-15-27(18-25)23(28)21-11-7-12-21)17-19-8-6-13-22(16-19)20-9-4-3-5-10-20/h3-6,8-10,13,16,21H,2,7,11-12,14-15,17-18H2,1H3,(H,26,29)/t25-/m0/s1. The maximum absolute atomic E-state index is 13.1. The van der Waals surface area contributed by atoms with Crippen molar-refractivity contribution in [3.05, 3.63) is 60.2 Å². The molecular formula is C25H30N2O2. The highest BCUT2D eigenvalue weighted by molar-refractivity contribution is 5.86. The van der Waals surface area contributed by atoms with Crippen LogP contribution < -0.4 is 5.32 Å². The summed E-state index contributed by atoms with van der Waals surface area (Å²) in [6.07, 6.45) is 4.55.